The summed E-state index contributed by atoms with van der Waals surface area (Å²) in [6.07, 6.45) is 8.24. The zero-order valence-corrected chi connectivity index (χ0v) is 26.7. The molecule has 41 heavy (non-hydrogen) atoms. The fraction of sp³-hybridized carbons (Fsp3) is 0.613. The van der Waals surface area contributed by atoms with Gasteiger partial charge in [-0.25, -0.2) is 9.07 Å². The van der Waals surface area contributed by atoms with E-state index < -0.39 is 18.4 Å². The molecule has 1 aromatic carbocycles. The van der Waals surface area contributed by atoms with Crippen molar-refractivity contribution >= 4 is 33.5 Å². The van der Waals surface area contributed by atoms with Gasteiger partial charge in [0.2, 0.25) is 0 Å². The first-order chi connectivity index (χ1) is 19.4. The molecule has 0 N–H and O–H groups in total. The van der Waals surface area contributed by atoms with E-state index in [0.717, 1.165) is 30.4 Å². The van der Waals surface area contributed by atoms with Crippen molar-refractivity contribution in [3.8, 4) is 17.0 Å². The van der Waals surface area contributed by atoms with Gasteiger partial charge in [-0.3, -0.25) is 4.98 Å². The highest BCUT2D eigenvalue weighted by molar-refractivity contribution is 14.1. The van der Waals surface area contributed by atoms with Crippen molar-refractivity contribution in [1.29, 1.82) is 0 Å². The van der Waals surface area contributed by atoms with Crippen molar-refractivity contribution in [2.24, 2.45) is 5.41 Å². The molecule has 10 heteroatoms. The van der Waals surface area contributed by atoms with Gasteiger partial charge in [0.25, 0.3) is 0 Å². The van der Waals surface area contributed by atoms with Crippen molar-refractivity contribution < 1.29 is 27.0 Å². The van der Waals surface area contributed by atoms with Gasteiger partial charge in [0.1, 0.15) is 10.4 Å². The number of nitrogens with zero attached hydrogens (tertiary/aromatic N) is 3. The van der Waals surface area contributed by atoms with E-state index in [0.29, 0.717) is 21.2 Å². The first kappa shape index (κ1) is 33.6. The molecule has 0 aliphatic rings. The van der Waals surface area contributed by atoms with E-state index in [1.807, 2.05) is 0 Å². The fourth-order valence-corrected chi connectivity index (χ4v) is 5.55. The molecule has 0 aliphatic carbocycles. The van der Waals surface area contributed by atoms with E-state index in [2.05, 4.69) is 53.4 Å². The molecule has 0 saturated carbocycles. The highest BCUT2D eigenvalue weighted by atomic mass is 127. The molecule has 0 fully saturated rings. The van der Waals surface area contributed by atoms with Crippen molar-refractivity contribution in [2.75, 3.05) is 13.7 Å². The Morgan fingerprint density at radius 1 is 0.902 bits per heavy atom. The number of hydrogen-bond acceptors (Lipinski definition) is 4. The van der Waals surface area contributed by atoms with E-state index in [1.54, 1.807) is 16.9 Å². The fourth-order valence-electron chi connectivity index (χ4n) is 4.88. The third-order valence-electron chi connectivity index (χ3n) is 7.06. The lowest BCUT2D eigenvalue weighted by Crippen LogP contribution is -2.13. The summed E-state index contributed by atoms with van der Waals surface area (Å²) in [6.45, 7) is 7.71. The average Bonchev–Trinajstić information content (AvgIpc) is 3.20. The number of hydrogen-bond donors (Lipinski definition) is 0. The Morgan fingerprint density at radius 2 is 1.54 bits per heavy atom. The molecule has 2 aromatic heterocycles. The first-order valence-electron chi connectivity index (χ1n) is 14.4. The number of fused-ring (bicyclic) bond motifs is 1. The molecule has 3 rings (SSSR count). The first-order valence-corrected chi connectivity index (χ1v) is 15.5. The van der Waals surface area contributed by atoms with Crippen LogP contribution in [0.3, 0.4) is 0 Å². The quantitative estimate of drug-likeness (QED) is 0.0853. The topological polar surface area (TPSA) is 49.2 Å². The van der Waals surface area contributed by atoms with Gasteiger partial charge in [0.15, 0.2) is 11.6 Å². The van der Waals surface area contributed by atoms with Gasteiger partial charge < -0.3 is 9.47 Å². The zero-order chi connectivity index (χ0) is 30.0. The van der Waals surface area contributed by atoms with E-state index in [-0.39, 0.29) is 29.3 Å². The number of halogens is 5. The Bertz CT molecular complexity index is 1250. The number of methoxy groups -OCH3 is 1. The van der Waals surface area contributed by atoms with E-state index >= 15 is 0 Å². The van der Waals surface area contributed by atoms with Crippen molar-refractivity contribution in [3.05, 3.63) is 39.5 Å². The van der Waals surface area contributed by atoms with Crippen LogP contribution in [0.4, 0.5) is 17.6 Å². The Morgan fingerprint density at radius 3 is 2.15 bits per heavy atom. The van der Waals surface area contributed by atoms with Gasteiger partial charge in [0, 0.05) is 18.4 Å². The van der Waals surface area contributed by atoms with Crippen LogP contribution in [0.25, 0.3) is 22.2 Å². The second-order valence-corrected chi connectivity index (χ2v) is 12.9. The Kier molecular flexibility index (Phi) is 12.7. The molecule has 2 heterocycles. The molecule has 228 valence electrons. The van der Waals surface area contributed by atoms with Gasteiger partial charge in [-0.05, 0) is 64.6 Å². The average molecular weight is 692 g/mol. The van der Waals surface area contributed by atoms with Crippen LogP contribution in [0, 0.1) is 14.9 Å². The molecule has 0 saturated heterocycles. The molecule has 0 bridgehead atoms. The molecular weight excluding hydrogens is 649 g/mol. The summed E-state index contributed by atoms with van der Waals surface area (Å²) in [6, 6.07) is 3.77. The molecule has 0 atom stereocenters. The van der Waals surface area contributed by atoms with Gasteiger partial charge in [0.05, 0.1) is 30.1 Å². The minimum Gasteiger partial charge on any atom is -0.494 e. The largest absolute Gasteiger partial charge is 0.494 e. The SMILES string of the molecule is COc1cc(CC(F)(F)F)c(-c2cc3c(cn2)c(I)nn3COCCCCCCCCCCCC(C)(C)C)cc1F. The summed E-state index contributed by atoms with van der Waals surface area (Å²) in [4.78, 5) is 4.34. The summed E-state index contributed by atoms with van der Waals surface area (Å²) < 4.78 is 67.5. The zero-order valence-electron chi connectivity index (χ0n) is 24.5. The van der Waals surface area contributed by atoms with Crippen LogP contribution >= 0.6 is 22.6 Å². The molecule has 5 nitrogen and oxygen atoms in total. The lowest BCUT2D eigenvalue weighted by molar-refractivity contribution is -0.127. The summed E-state index contributed by atoms with van der Waals surface area (Å²) in [7, 11) is 1.22. The number of unbranched alkanes of at least 4 members (excludes halogenated alkanes) is 8. The molecule has 0 radical (unpaired) electrons. The highest BCUT2D eigenvalue weighted by Crippen LogP contribution is 2.35. The van der Waals surface area contributed by atoms with Gasteiger partial charge in [-0.2, -0.15) is 18.3 Å². The second-order valence-electron chi connectivity index (χ2n) is 11.8. The number of rotatable bonds is 16. The predicted octanol–water partition coefficient (Wildman–Crippen LogP) is 9.88. The van der Waals surface area contributed by atoms with Crippen LogP contribution in [0.1, 0.15) is 90.5 Å². The summed E-state index contributed by atoms with van der Waals surface area (Å²) in [5, 5.41) is 5.27. The summed E-state index contributed by atoms with van der Waals surface area (Å²) in [5.74, 6) is -0.994. The third-order valence-corrected chi connectivity index (χ3v) is 7.86. The van der Waals surface area contributed by atoms with E-state index in [9.17, 15) is 17.6 Å². The highest BCUT2D eigenvalue weighted by Gasteiger charge is 2.30. The lowest BCUT2D eigenvalue weighted by atomic mass is 9.89. The third kappa shape index (κ3) is 11.0. The van der Waals surface area contributed by atoms with E-state index in [1.165, 1.54) is 58.5 Å². The number of benzene rings is 1. The second kappa shape index (κ2) is 15.5. The maximum Gasteiger partial charge on any atom is 0.393 e. The van der Waals surface area contributed by atoms with Crippen LogP contribution in [0.15, 0.2) is 24.4 Å². The maximum absolute atomic E-state index is 14.5. The predicted molar refractivity (Wildman–Crippen MR) is 164 cm³/mol. The van der Waals surface area contributed by atoms with Gasteiger partial charge >= 0.3 is 6.18 Å². The molecular formula is C31H42F4IN3O2. The van der Waals surface area contributed by atoms with Crippen molar-refractivity contribution in [3.63, 3.8) is 0 Å². The van der Waals surface area contributed by atoms with Gasteiger partial charge in [-0.1, -0.05) is 72.1 Å². The normalized spacial score (nSPS) is 12.4. The van der Waals surface area contributed by atoms with Crippen LogP contribution in [-0.2, 0) is 17.9 Å². The van der Waals surface area contributed by atoms with Crippen molar-refractivity contribution in [1.82, 2.24) is 14.8 Å². The minimum atomic E-state index is -4.47. The molecule has 3 aromatic rings. The standard InChI is InChI=1S/C31H42F4IN3O2/c1-30(2,3)14-12-10-8-6-5-7-9-11-13-15-41-21-39-27-18-26(37-20-24(27)29(36)38-39)23-17-25(32)28(40-4)16-22(23)19-31(33,34)35/h16-18,20H,5-15,19,21H2,1-4H3. The lowest BCUT2D eigenvalue weighted by Gasteiger charge is -2.17. The molecule has 0 unspecified atom stereocenters. The Hall–Kier alpha value is -1.95. The van der Waals surface area contributed by atoms with Crippen LogP contribution in [-0.4, -0.2) is 34.7 Å². The number of ether oxygens (including phenoxy) is 2. The van der Waals surface area contributed by atoms with Crippen LogP contribution in [0.5, 0.6) is 5.75 Å². The van der Waals surface area contributed by atoms with Gasteiger partial charge in [-0.15, -0.1) is 0 Å². The number of alkyl halides is 3. The minimum absolute atomic E-state index is 0.0658. The Labute approximate surface area is 254 Å². The van der Waals surface area contributed by atoms with Crippen LogP contribution < -0.4 is 4.74 Å². The molecule has 0 spiro atoms. The number of aromatic nitrogens is 3. The smallest absolute Gasteiger partial charge is 0.393 e. The molecule has 0 amide bonds. The monoisotopic (exact) mass is 691 g/mol. The number of pyridine rings is 1. The van der Waals surface area contributed by atoms with Crippen molar-refractivity contribution in [2.45, 2.75) is 104 Å². The summed E-state index contributed by atoms with van der Waals surface area (Å²) >= 11 is 2.09. The Balaban J connectivity index is 1.51. The molecule has 0 aliphatic heterocycles. The van der Waals surface area contributed by atoms with Crippen LogP contribution in [0.2, 0.25) is 0 Å². The van der Waals surface area contributed by atoms with E-state index in [4.69, 9.17) is 9.47 Å². The summed E-state index contributed by atoms with van der Waals surface area (Å²) in [5.41, 5.74) is 1.28. The maximum atomic E-state index is 14.5.